The number of rotatable bonds is 0. The van der Waals surface area contributed by atoms with Gasteiger partial charge in [-0.05, 0) is 34.9 Å². The number of aliphatic hydroxyl groups is 1. The Labute approximate surface area is 121 Å². The quantitative estimate of drug-likeness (QED) is 0.475. The molecule has 5 nitrogen and oxygen atoms in total. The van der Waals surface area contributed by atoms with E-state index >= 15 is 0 Å². The first kappa shape index (κ1) is 12.3. The van der Waals surface area contributed by atoms with E-state index in [1.54, 1.807) is 18.2 Å². The van der Waals surface area contributed by atoms with E-state index in [-0.39, 0.29) is 23.2 Å². The van der Waals surface area contributed by atoms with Gasteiger partial charge in [-0.25, -0.2) is 0 Å². The highest BCUT2D eigenvalue weighted by molar-refractivity contribution is 5.66. The van der Waals surface area contributed by atoms with Crippen molar-refractivity contribution in [3.05, 3.63) is 47.0 Å². The van der Waals surface area contributed by atoms with Gasteiger partial charge in [0, 0.05) is 30.6 Å². The lowest BCUT2D eigenvalue weighted by molar-refractivity contribution is 0.0454. The molecular formula is C16H15NO4. The highest BCUT2D eigenvalue weighted by atomic mass is 16.3. The third kappa shape index (κ3) is 1.61. The van der Waals surface area contributed by atoms with E-state index in [9.17, 15) is 20.4 Å². The van der Waals surface area contributed by atoms with Crippen LogP contribution in [-0.4, -0.2) is 32.6 Å². The van der Waals surface area contributed by atoms with Crippen LogP contribution in [0.1, 0.15) is 22.6 Å². The Morgan fingerprint density at radius 1 is 1.00 bits per heavy atom. The summed E-state index contributed by atoms with van der Waals surface area (Å²) < 4.78 is 0. The van der Waals surface area contributed by atoms with E-state index in [1.165, 1.54) is 12.1 Å². The van der Waals surface area contributed by atoms with Gasteiger partial charge in [0.1, 0.15) is 5.75 Å². The average molecular weight is 285 g/mol. The third-order valence-corrected chi connectivity index (χ3v) is 4.51. The first-order valence-corrected chi connectivity index (χ1v) is 6.82. The summed E-state index contributed by atoms with van der Waals surface area (Å²) >= 11 is 0. The maximum atomic E-state index is 10.9. The monoisotopic (exact) mass is 285 g/mol. The molecule has 108 valence electrons. The van der Waals surface area contributed by atoms with Crippen molar-refractivity contribution in [2.75, 3.05) is 11.9 Å². The Morgan fingerprint density at radius 3 is 2.57 bits per heavy atom. The summed E-state index contributed by atoms with van der Waals surface area (Å²) in [6.07, 6.45) is 0.411. The predicted octanol–water partition coefficient (Wildman–Crippen LogP) is 1.65. The lowest BCUT2D eigenvalue weighted by Gasteiger charge is -2.37. The van der Waals surface area contributed by atoms with Gasteiger partial charge in [0.05, 0.1) is 5.60 Å². The highest BCUT2D eigenvalue weighted by Crippen LogP contribution is 2.52. The molecule has 0 bridgehead atoms. The molecule has 2 unspecified atom stereocenters. The van der Waals surface area contributed by atoms with Crippen molar-refractivity contribution in [2.45, 2.75) is 17.9 Å². The number of hydrogen-bond acceptors (Lipinski definition) is 5. The molecule has 1 aliphatic heterocycles. The standard InChI is InChI=1S/C16H15NO4/c18-9-1-2-10-12(4-9)17-7-16(21)6-8-3-13(19)14(20)5-11(8)15(10)16/h1-5,15,17-21H,6-7H2. The molecule has 1 aliphatic carbocycles. The molecule has 0 fully saturated rings. The molecule has 0 spiro atoms. The number of phenols is 3. The second kappa shape index (κ2) is 3.83. The summed E-state index contributed by atoms with van der Waals surface area (Å²) in [5.41, 5.74) is 2.32. The van der Waals surface area contributed by atoms with Crippen LogP contribution in [0.25, 0.3) is 0 Å². The van der Waals surface area contributed by atoms with Gasteiger partial charge in [0.25, 0.3) is 0 Å². The number of benzene rings is 2. The first-order valence-electron chi connectivity index (χ1n) is 6.82. The Kier molecular flexibility index (Phi) is 2.25. The number of anilines is 1. The van der Waals surface area contributed by atoms with Crippen LogP contribution in [0, 0.1) is 0 Å². The molecule has 2 atom stereocenters. The van der Waals surface area contributed by atoms with Gasteiger partial charge in [-0.3, -0.25) is 0 Å². The van der Waals surface area contributed by atoms with Crippen LogP contribution in [0.2, 0.25) is 0 Å². The number of β-amino-alcohol motifs (C(OH)–C–C–N with tert-alkyl or cyclic N) is 1. The van der Waals surface area contributed by atoms with Crippen LogP contribution in [0.5, 0.6) is 17.2 Å². The zero-order chi connectivity index (χ0) is 14.8. The lowest BCUT2D eigenvalue weighted by atomic mass is 9.79. The van der Waals surface area contributed by atoms with Crippen LogP contribution >= 0.6 is 0 Å². The molecular weight excluding hydrogens is 270 g/mol. The van der Waals surface area contributed by atoms with Gasteiger partial charge < -0.3 is 25.7 Å². The summed E-state index contributed by atoms with van der Waals surface area (Å²) in [7, 11) is 0. The SMILES string of the molecule is Oc1ccc2c(c1)NCC1(O)Cc3cc(O)c(O)cc3C21. The molecule has 0 saturated carbocycles. The van der Waals surface area contributed by atoms with Crippen LogP contribution in [0.4, 0.5) is 5.69 Å². The molecule has 2 aliphatic rings. The van der Waals surface area contributed by atoms with Crippen molar-refractivity contribution >= 4 is 5.69 Å². The zero-order valence-corrected chi connectivity index (χ0v) is 11.2. The van der Waals surface area contributed by atoms with Gasteiger partial charge in [-0.1, -0.05) is 6.07 Å². The Balaban J connectivity index is 1.95. The minimum Gasteiger partial charge on any atom is -0.508 e. The minimum atomic E-state index is -0.994. The van der Waals surface area contributed by atoms with Crippen LogP contribution < -0.4 is 5.32 Å². The highest BCUT2D eigenvalue weighted by Gasteiger charge is 2.49. The lowest BCUT2D eigenvalue weighted by Crippen LogP contribution is -2.45. The first-order chi connectivity index (χ1) is 9.98. The second-order valence-corrected chi connectivity index (χ2v) is 5.88. The fourth-order valence-electron chi connectivity index (χ4n) is 3.60. The Morgan fingerprint density at radius 2 is 1.76 bits per heavy atom. The van der Waals surface area contributed by atoms with E-state index in [2.05, 4.69) is 5.32 Å². The van der Waals surface area contributed by atoms with Crippen LogP contribution in [0.3, 0.4) is 0 Å². The second-order valence-electron chi connectivity index (χ2n) is 5.88. The normalized spacial score (nSPS) is 25.7. The maximum absolute atomic E-state index is 10.9. The van der Waals surface area contributed by atoms with Crippen molar-refractivity contribution in [3.63, 3.8) is 0 Å². The van der Waals surface area contributed by atoms with E-state index in [0.29, 0.717) is 13.0 Å². The van der Waals surface area contributed by atoms with Crippen molar-refractivity contribution in [1.82, 2.24) is 0 Å². The smallest absolute Gasteiger partial charge is 0.157 e. The Bertz CT molecular complexity index is 758. The van der Waals surface area contributed by atoms with Gasteiger partial charge in [0.2, 0.25) is 0 Å². The molecule has 21 heavy (non-hydrogen) atoms. The molecule has 0 amide bonds. The van der Waals surface area contributed by atoms with Gasteiger partial charge in [-0.15, -0.1) is 0 Å². The van der Waals surface area contributed by atoms with E-state index in [1.807, 2.05) is 0 Å². The van der Waals surface area contributed by atoms with E-state index in [0.717, 1.165) is 22.4 Å². The van der Waals surface area contributed by atoms with E-state index < -0.39 is 5.60 Å². The van der Waals surface area contributed by atoms with Gasteiger partial charge in [-0.2, -0.15) is 0 Å². The molecule has 5 heteroatoms. The summed E-state index contributed by atoms with van der Waals surface area (Å²) in [6, 6.07) is 8.04. The van der Waals surface area contributed by atoms with Gasteiger partial charge in [0.15, 0.2) is 11.5 Å². The molecule has 0 radical (unpaired) electrons. The number of phenolic OH excluding ortho intramolecular Hbond substituents is 3. The molecule has 4 rings (SSSR count). The molecule has 5 N–H and O–H groups in total. The molecule has 2 aromatic carbocycles. The van der Waals surface area contributed by atoms with Crippen molar-refractivity contribution in [3.8, 4) is 17.2 Å². The topological polar surface area (TPSA) is 93.0 Å². The van der Waals surface area contributed by atoms with Crippen molar-refractivity contribution < 1.29 is 20.4 Å². The number of nitrogens with one attached hydrogen (secondary N) is 1. The number of hydrogen-bond donors (Lipinski definition) is 5. The minimum absolute atomic E-state index is 0.165. The summed E-state index contributed by atoms with van der Waals surface area (Å²) in [5, 5.41) is 43.1. The number of aromatic hydroxyl groups is 3. The maximum Gasteiger partial charge on any atom is 0.157 e. The molecule has 1 heterocycles. The molecule has 0 saturated heterocycles. The van der Waals surface area contributed by atoms with Crippen LogP contribution in [-0.2, 0) is 6.42 Å². The van der Waals surface area contributed by atoms with E-state index in [4.69, 9.17) is 0 Å². The molecule has 2 aromatic rings. The predicted molar refractivity (Wildman–Crippen MR) is 76.9 cm³/mol. The molecule has 0 aromatic heterocycles. The van der Waals surface area contributed by atoms with Crippen molar-refractivity contribution in [2.24, 2.45) is 0 Å². The fraction of sp³-hybridized carbons (Fsp3) is 0.250. The fourth-order valence-corrected chi connectivity index (χ4v) is 3.60. The summed E-state index contributed by atoms with van der Waals surface area (Å²) in [4.78, 5) is 0. The Hall–Kier alpha value is -2.40. The van der Waals surface area contributed by atoms with Crippen molar-refractivity contribution in [1.29, 1.82) is 0 Å². The van der Waals surface area contributed by atoms with Crippen LogP contribution in [0.15, 0.2) is 30.3 Å². The largest absolute Gasteiger partial charge is 0.508 e. The third-order valence-electron chi connectivity index (χ3n) is 4.51. The average Bonchev–Trinajstić information content (AvgIpc) is 2.71. The van der Waals surface area contributed by atoms with Gasteiger partial charge >= 0.3 is 0 Å². The number of fused-ring (bicyclic) bond motifs is 5. The zero-order valence-electron chi connectivity index (χ0n) is 11.2. The summed E-state index contributed by atoms with van der Waals surface area (Å²) in [6.45, 7) is 0.352. The summed E-state index contributed by atoms with van der Waals surface area (Å²) in [5.74, 6) is -0.471.